The van der Waals surface area contributed by atoms with E-state index in [-0.39, 0.29) is 24.8 Å². The van der Waals surface area contributed by atoms with Gasteiger partial charge in [0.1, 0.15) is 17.3 Å². The zero-order valence-corrected chi connectivity index (χ0v) is 15.8. The predicted octanol–water partition coefficient (Wildman–Crippen LogP) is 1.31. The lowest BCUT2D eigenvalue weighted by Gasteiger charge is -2.44. The van der Waals surface area contributed by atoms with E-state index in [1.165, 1.54) is 0 Å². The van der Waals surface area contributed by atoms with E-state index in [0.29, 0.717) is 12.8 Å². The van der Waals surface area contributed by atoms with Gasteiger partial charge in [-0.3, -0.25) is 9.59 Å². The molecule has 28 heavy (non-hydrogen) atoms. The molecule has 6 nitrogen and oxygen atoms in total. The van der Waals surface area contributed by atoms with Crippen LogP contribution in [0.5, 0.6) is 5.75 Å². The van der Waals surface area contributed by atoms with Gasteiger partial charge >= 0.3 is 0 Å². The number of hydrogen-bond donors (Lipinski definition) is 2. The van der Waals surface area contributed by atoms with Gasteiger partial charge in [0.25, 0.3) is 0 Å². The number of amides is 2. The first-order valence-corrected chi connectivity index (χ1v) is 9.49. The lowest BCUT2D eigenvalue weighted by molar-refractivity contribution is -0.154. The minimum Gasteiger partial charge on any atom is -0.497 e. The van der Waals surface area contributed by atoms with Gasteiger partial charge in [0, 0.05) is 25.8 Å². The monoisotopic (exact) mass is 380 g/mol. The third-order valence-electron chi connectivity index (χ3n) is 5.71. The van der Waals surface area contributed by atoms with Crippen molar-refractivity contribution in [2.45, 2.75) is 36.9 Å². The van der Waals surface area contributed by atoms with E-state index < -0.39 is 17.7 Å². The van der Waals surface area contributed by atoms with Crippen LogP contribution in [0.3, 0.4) is 0 Å². The van der Waals surface area contributed by atoms with Crippen molar-refractivity contribution in [3.05, 3.63) is 65.7 Å². The Kier molecular flexibility index (Phi) is 4.81. The highest BCUT2D eigenvalue weighted by molar-refractivity contribution is 6.00. The molecule has 0 aromatic heterocycles. The summed E-state index contributed by atoms with van der Waals surface area (Å²) >= 11 is 0. The Morgan fingerprint density at radius 2 is 1.82 bits per heavy atom. The molecule has 0 radical (unpaired) electrons. The van der Waals surface area contributed by atoms with Gasteiger partial charge in [-0.1, -0.05) is 42.5 Å². The summed E-state index contributed by atoms with van der Waals surface area (Å²) in [5.74, 6) is 0.408. The number of β-amino-alcohol motifs (C(OH)–C–C–N with tert-alkyl or cyclic N) is 1. The first kappa shape index (κ1) is 18.5. The second-order valence-corrected chi connectivity index (χ2v) is 7.58. The number of ether oxygens (including phenoxy) is 1. The van der Waals surface area contributed by atoms with Crippen LogP contribution in [-0.2, 0) is 22.4 Å². The van der Waals surface area contributed by atoms with Crippen LogP contribution in [0.15, 0.2) is 54.6 Å². The highest BCUT2D eigenvalue weighted by atomic mass is 16.5. The summed E-state index contributed by atoms with van der Waals surface area (Å²) in [4.78, 5) is 27.9. The SMILES string of the molecule is COc1ccc(CC23C[C@@H](O)CN2C(=O)C(Cc2ccccc2)NC3=O)cc1. The van der Waals surface area contributed by atoms with Gasteiger partial charge in [0.2, 0.25) is 11.8 Å². The molecule has 2 N–H and O–H groups in total. The van der Waals surface area contributed by atoms with E-state index in [0.717, 1.165) is 16.9 Å². The van der Waals surface area contributed by atoms with E-state index in [1.807, 2.05) is 54.6 Å². The van der Waals surface area contributed by atoms with E-state index in [4.69, 9.17) is 4.74 Å². The van der Waals surface area contributed by atoms with Gasteiger partial charge in [-0.05, 0) is 23.3 Å². The first-order chi connectivity index (χ1) is 13.5. The van der Waals surface area contributed by atoms with Crippen molar-refractivity contribution in [3.63, 3.8) is 0 Å². The highest BCUT2D eigenvalue weighted by Crippen LogP contribution is 2.37. The Balaban J connectivity index is 1.60. The summed E-state index contributed by atoms with van der Waals surface area (Å²) in [5.41, 5.74) is 0.867. The molecular weight excluding hydrogens is 356 g/mol. The van der Waals surface area contributed by atoms with Crippen LogP contribution in [0.25, 0.3) is 0 Å². The number of rotatable bonds is 5. The number of carbonyl (C=O) groups is 2. The lowest BCUT2D eigenvalue weighted by Crippen LogP contribution is -2.69. The second-order valence-electron chi connectivity index (χ2n) is 7.58. The van der Waals surface area contributed by atoms with Crippen LogP contribution in [0, 0.1) is 0 Å². The van der Waals surface area contributed by atoms with Crippen LogP contribution in [0.2, 0.25) is 0 Å². The van der Waals surface area contributed by atoms with Crippen molar-refractivity contribution in [2.75, 3.05) is 13.7 Å². The minimum absolute atomic E-state index is 0.131. The lowest BCUT2D eigenvalue weighted by atomic mass is 9.83. The average Bonchev–Trinajstić information content (AvgIpc) is 3.05. The predicted molar refractivity (Wildman–Crippen MR) is 104 cm³/mol. The zero-order chi connectivity index (χ0) is 19.7. The first-order valence-electron chi connectivity index (χ1n) is 9.49. The number of nitrogens with one attached hydrogen (secondary N) is 1. The van der Waals surface area contributed by atoms with Crippen molar-refractivity contribution >= 4 is 11.8 Å². The summed E-state index contributed by atoms with van der Waals surface area (Å²) < 4.78 is 5.19. The molecule has 4 rings (SSSR count). The second kappa shape index (κ2) is 7.28. The van der Waals surface area contributed by atoms with Crippen LogP contribution in [-0.4, -0.2) is 53.2 Å². The quantitative estimate of drug-likeness (QED) is 0.820. The fourth-order valence-corrected chi connectivity index (χ4v) is 4.33. The number of benzene rings is 2. The molecule has 2 unspecified atom stereocenters. The van der Waals surface area contributed by atoms with Crippen molar-refractivity contribution < 1.29 is 19.4 Å². The molecule has 2 fully saturated rings. The van der Waals surface area contributed by atoms with Crippen LogP contribution >= 0.6 is 0 Å². The van der Waals surface area contributed by atoms with E-state index in [1.54, 1.807) is 12.0 Å². The number of piperazine rings is 1. The summed E-state index contributed by atoms with van der Waals surface area (Å²) in [6.07, 6.45) is 0.345. The molecule has 2 saturated heterocycles. The molecule has 0 aliphatic carbocycles. The molecule has 2 amide bonds. The smallest absolute Gasteiger partial charge is 0.247 e. The largest absolute Gasteiger partial charge is 0.497 e. The molecule has 0 spiro atoms. The Hall–Kier alpha value is -2.86. The number of fused-ring (bicyclic) bond motifs is 1. The van der Waals surface area contributed by atoms with Crippen LogP contribution in [0.1, 0.15) is 17.5 Å². The Labute approximate surface area is 164 Å². The number of methoxy groups -OCH3 is 1. The van der Waals surface area contributed by atoms with Crippen molar-refractivity contribution in [1.82, 2.24) is 10.2 Å². The number of aliphatic hydroxyl groups excluding tert-OH is 1. The van der Waals surface area contributed by atoms with Crippen molar-refractivity contribution in [1.29, 1.82) is 0 Å². The molecule has 0 saturated carbocycles. The maximum absolute atomic E-state index is 13.2. The maximum Gasteiger partial charge on any atom is 0.247 e. The summed E-state index contributed by atoms with van der Waals surface area (Å²) in [6, 6.07) is 16.5. The van der Waals surface area contributed by atoms with Gasteiger partial charge in [-0.15, -0.1) is 0 Å². The van der Waals surface area contributed by atoms with Crippen molar-refractivity contribution in [2.24, 2.45) is 0 Å². The molecule has 2 aliphatic rings. The maximum atomic E-state index is 13.2. The van der Waals surface area contributed by atoms with Gasteiger partial charge in [0.05, 0.1) is 13.2 Å². The minimum atomic E-state index is -1.04. The summed E-state index contributed by atoms with van der Waals surface area (Å²) in [6.45, 7) is 0.188. The number of aliphatic hydroxyl groups is 1. The molecule has 2 aliphatic heterocycles. The van der Waals surface area contributed by atoms with E-state index in [9.17, 15) is 14.7 Å². The molecule has 2 aromatic rings. The normalized spacial score (nSPS) is 26.7. The fourth-order valence-electron chi connectivity index (χ4n) is 4.33. The van der Waals surface area contributed by atoms with Gasteiger partial charge < -0.3 is 20.1 Å². The molecule has 3 atom stereocenters. The fraction of sp³-hybridized carbons (Fsp3) is 0.364. The van der Waals surface area contributed by atoms with E-state index in [2.05, 4.69) is 5.32 Å². The number of nitrogens with zero attached hydrogens (tertiary/aromatic N) is 1. The molecule has 6 heteroatoms. The third kappa shape index (κ3) is 3.24. The number of hydrogen-bond acceptors (Lipinski definition) is 4. The standard InChI is InChI=1S/C22H24N2O4/c1-28-18-9-7-16(8-10-18)12-22-13-17(25)14-24(22)20(26)19(23-21(22)27)11-15-5-3-2-4-6-15/h2-10,17,19,25H,11-14H2,1H3,(H,23,27)/t17-,19?,22?/m1/s1. The van der Waals surface area contributed by atoms with Gasteiger partial charge in [-0.25, -0.2) is 0 Å². The average molecular weight is 380 g/mol. The zero-order valence-electron chi connectivity index (χ0n) is 15.8. The van der Waals surface area contributed by atoms with Gasteiger partial charge in [-0.2, -0.15) is 0 Å². The Bertz CT molecular complexity index is 868. The Morgan fingerprint density at radius 3 is 2.50 bits per heavy atom. The summed E-state index contributed by atoms with van der Waals surface area (Å²) in [5, 5.41) is 13.2. The number of carbonyl (C=O) groups excluding carboxylic acids is 2. The van der Waals surface area contributed by atoms with Crippen LogP contribution < -0.4 is 10.1 Å². The molecule has 0 bridgehead atoms. The highest BCUT2D eigenvalue weighted by Gasteiger charge is 2.57. The Morgan fingerprint density at radius 1 is 1.11 bits per heavy atom. The van der Waals surface area contributed by atoms with Crippen LogP contribution in [0.4, 0.5) is 0 Å². The molecular formula is C22H24N2O4. The van der Waals surface area contributed by atoms with Gasteiger partial charge in [0.15, 0.2) is 0 Å². The van der Waals surface area contributed by atoms with Crippen molar-refractivity contribution in [3.8, 4) is 5.75 Å². The topological polar surface area (TPSA) is 78.9 Å². The summed E-state index contributed by atoms with van der Waals surface area (Å²) in [7, 11) is 1.60. The molecule has 2 aromatic carbocycles. The third-order valence-corrected chi connectivity index (χ3v) is 5.71. The molecule has 2 heterocycles. The van der Waals surface area contributed by atoms with E-state index >= 15 is 0 Å². The molecule has 146 valence electrons.